The number of hydrogen-bond donors (Lipinski definition) is 1. The summed E-state index contributed by atoms with van der Waals surface area (Å²) in [5, 5.41) is 2.66. The van der Waals surface area contributed by atoms with Crippen LogP contribution in [-0.4, -0.2) is 54.7 Å². The van der Waals surface area contributed by atoms with Gasteiger partial charge in [0, 0.05) is 6.54 Å². The third-order valence-electron chi connectivity index (χ3n) is 3.28. The molecule has 1 N–H and O–H groups in total. The maximum Gasteiger partial charge on any atom is 0.411 e. The molecule has 1 heterocycles. The van der Waals surface area contributed by atoms with Crippen LogP contribution in [0.3, 0.4) is 0 Å². The van der Waals surface area contributed by atoms with Gasteiger partial charge in [-0.2, -0.15) is 13.2 Å². The standard InChI is InChI=1S/C13H21F3N2O3/c1-3-5-9-12(20)18(10(4-2)11(19)17-9)6-7-21-8-13(14,15)16/h9-10H,3-8H2,1-2H3,(H,17,19). The number of hydrogen-bond acceptors (Lipinski definition) is 3. The predicted molar refractivity (Wildman–Crippen MR) is 69.5 cm³/mol. The van der Waals surface area contributed by atoms with Gasteiger partial charge in [-0.3, -0.25) is 9.59 Å². The first kappa shape index (κ1) is 17.7. The number of halogens is 3. The van der Waals surface area contributed by atoms with E-state index in [1.54, 1.807) is 6.92 Å². The van der Waals surface area contributed by atoms with Crippen LogP contribution in [0.5, 0.6) is 0 Å². The summed E-state index contributed by atoms with van der Waals surface area (Å²) >= 11 is 0. The van der Waals surface area contributed by atoms with E-state index in [1.807, 2.05) is 6.92 Å². The van der Waals surface area contributed by atoms with Crippen molar-refractivity contribution in [2.45, 2.75) is 51.4 Å². The number of nitrogens with zero attached hydrogens (tertiary/aromatic N) is 1. The summed E-state index contributed by atoms with van der Waals surface area (Å²) in [6.45, 7) is 2.04. The van der Waals surface area contributed by atoms with Crippen molar-refractivity contribution in [1.82, 2.24) is 10.2 Å². The van der Waals surface area contributed by atoms with Crippen molar-refractivity contribution in [3.63, 3.8) is 0 Å². The van der Waals surface area contributed by atoms with Crippen molar-refractivity contribution in [2.24, 2.45) is 0 Å². The van der Waals surface area contributed by atoms with Crippen molar-refractivity contribution >= 4 is 11.8 Å². The van der Waals surface area contributed by atoms with E-state index in [4.69, 9.17) is 0 Å². The highest BCUT2D eigenvalue weighted by Gasteiger charge is 2.38. The highest BCUT2D eigenvalue weighted by Crippen LogP contribution is 2.17. The number of ether oxygens (including phenoxy) is 1. The first-order valence-electron chi connectivity index (χ1n) is 7.05. The van der Waals surface area contributed by atoms with Gasteiger partial charge in [-0.25, -0.2) is 0 Å². The zero-order valence-corrected chi connectivity index (χ0v) is 12.2. The first-order chi connectivity index (χ1) is 9.80. The Hall–Kier alpha value is -1.31. The smallest absolute Gasteiger partial charge is 0.370 e. The molecule has 5 nitrogen and oxygen atoms in total. The second-order valence-corrected chi connectivity index (χ2v) is 4.97. The Morgan fingerprint density at radius 1 is 1.29 bits per heavy atom. The molecule has 0 spiro atoms. The number of piperazine rings is 1. The second-order valence-electron chi connectivity index (χ2n) is 4.97. The monoisotopic (exact) mass is 310 g/mol. The molecule has 1 aliphatic rings. The van der Waals surface area contributed by atoms with E-state index in [9.17, 15) is 22.8 Å². The number of alkyl halides is 3. The van der Waals surface area contributed by atoms with Gasteiger partial charge in [0.25, 0.3) is 0 Å². The van der Waals surface area contributed by atoms with E-state index in [2.05, 4.69) is 10.1 Å². The molecular weight excluding hydrogens is 289 g/mol. The lowest BCUT2D eigenvalue weighted by Crippen LogP contribution is -2.63. The average Bonchev–Trinajstić information content (AvgIpc) is 2.38. The summed E-state index contributed by atoms with van der Waals surface area (Å²) in [5.41, 5.74) is 0. The third-order valence-corrected chi connectivity index (χ3v) is 3.28. The van der Waals surface area contributed by atoms with Gasteiger partial charge in [-0.15, -0.1) is 0 Å². The lowest BCUT2D eigenvalue weighted by atomic mass is 10.0. The molecule has 0 aliphatic carbocycles. The molecule has 2 amide bonds. The van der Waals surface area contributed by atoms with Gasteiger partial charge >= 0.3 is 6.18 Å². The van der Waals surface area contributed by atoms with Crippen LogP contribution in [-0.2, 0) is 14.3 Å². The Kier molecular flexibility index (Phi) is 6.44. The largest absolute Gasteiger partial charge is 0.411 e. The molecule has 1 fully saturated rings. The van der Waals surface area contributed by atoms with E-state index in [0.29, 0.717) is 12.8 Å². The lowest BCUT2D eigenvalue weighted by molar-refractivity contribution is -0.176. The van der Waals surface area contributed by atoms with Crippen LogP contribution >= 0.6 is 0 Å². The SMILES string of the molecule is CCCC1NC(=O)C(CC)N(CCOCC(F)(F)F)C1=O. The van der Waals surface area contributed by atoms with E-state index >= 15 is 0 Å². The Morgan fingerprint density at radius 2 is 1.95 bits per heavy atom. The van der Waals surface area contributed by atoms with Gasteiger partial charge in [-0.1, -0.05) is 20.3 Å². The van der Waals surface area contributed by atoms with Gasteiger partial charge in [0.05, 0.1) is 6.61 Å². The Bertz CT molecular complexity index is 374. The van der Waals surface area contributed by atoms with Crippen LogP contribution in [0.15, 0.2) is 0 Å². The zero-order valence-electron chi connectivity index (χ0n) is 12.2. The molecular formula is C13H21F3N2O3. The molecule has 0 aromatic heterocycles. The fourth-order valence-corrected chi connectivity index (χ4v) is 2.33. The van der Waals surface area contributed by atoms with Gasteiger partial charge in [0.2, 0.25) is 11.8 Å². The van der Waals surface area contributed by atoms with E-state index in [1.165, 1.54) is 4.90 Å². The molecule has 2 unspecified atom stereocenters. The van der Waals surface area contributed by atoms with Crippen molar-refractivity contribution in [3.8, 4) is 0 Å². The van der Waals surface area contributed by atoms with Gasteiger partial charge in [-0.05, 0) is 12.8 Å². The first-order valence-corrected chi connectivity index (χ1v) is 7.05. The minimum atomic E-state index is -4.39. The fraction of sp³-hybridized carbons (Fsp3) is 0.846. The number of nitrogens with one attached hydrogen (secondary N) is 1. The second kappa shape index (κ2) is 7.63. The number of carbonyl (C=O) groups excluding carboxylic acids is 2. The summed E-state index contributed by atoms with van der Waals surface area (Å²) < 4.78 is 40.5. The fourth-order valence-electron chi connectivity index (χ4n) is 2.33. The quantitative estimate of drug-likeness (QED) is 0.725. The highest BCUT2D eigenvalue weighted by molar-refractivity contribution is 5.96. The zero-order chi connectivity index (χ0) is 16.0. The minimum Gasteiger partial charge on any atom is -0.370 e. The summed E-state index contributed by atoms with van der Waals surface area (Å²) in [5.74, 6) is -0.509. The molecule has 0 bridgehead atoms. The van der Waals surface area contributed by atoms with Crippen LogP contribution in [0.2, 0.25) is 0 Å². The Labute approximate surface area is 121 Å². The number of amides is 2. The van der Waals surface area contributed by atoms with Crippen molar-refractivity contribution < 1.29 is 27.5 Å². The minimum absolute atomic E-state index is 0.0128. The van der Waals surface area contributed by atoms with E-state index in [0.717, 1.165) is 6.42 Å². The lowest BCUT2D eigenvalue weighted by Gasteiger charge is -2.38. The normalized spacial score (nSPS) is 23.4. The molecule has 1 aliphatic heterocycles. The molecule has 0 aromatic rings. The van der Waals surface area contributed by atoms with Crippen molar-refractivity contribution in [2.75, 3.05) is 19.8 Å². The van der Waals surface area contributed by atoms with Gasteiger partial charge in [0.15, 0.2) is 0 Å². The molecule has 2 atom stereocenters. The van der Waals surface area contributed by atoms with Crippen LogP contribution in [0.1, 0.15) is 33.1 Å². The van der Waals surface area contributed by atoms with Crippen LogP contribution < -0.4 is 5.32 Å². The number of rotatable bonds is 7. The summed E-state index contributed by atoms with van der Waals surface area (Å²) in [4.78, 5) is 25.5. The summed E-state index contributed by atoms with van der Waals surface area (Å²) in [6, 6.07) is -1.23. The highest BCUT2D eigenvalue weighted by atomic mass is 19.4. The topological polar surface area (TPSA) is 58.6 Å². The molecule has 1 rings (SSSR count). The summed E-state index contributed by atoms with van der Waals surface area (Å²) in [7, 11) is 0. The molecule has 122 valence electrons. The van der Waals surface area contributed by atoms with Crippen LogP contribution in [0.25, 0.3) is 0 Å². The molecule has 0 saturated carbocycles. The molecule has 1 saturated heterocycles. The third kappa shape index (κ3) is 5.18. The van der Waals surface area contributed by atoms with Crippen molar-refractivity contribution in [3.05, 3.63) is 0 Å². The van der Waals surface area contributed by atoms with Crippen LogP contribution in [0, 0.1) is 0 Å². The maximum absolute atomic E-state index is 12.3. The molecule has 0 aromatic carbocycles. The maximum atomic E-state index is 12.3. The molecule has 0 radical (unpaired) electrons. The van der Waals surface area contributed by atoms with E-state index in [-0.39, 0.29) is 25.0 Å². The predicted octanol–water partition coefficient (Wildman–Crippen LogP) is 1.47. The summed E-state index contributed by atoms with van der Waals surface area (Å²) in [6.07, 6.45) is -2.74. The average molecular weight is 310 g/mol. The van der Waals surface area contributed by atoms with E-state index < -0.39 is 24.9 Å². The molecule has 21 heavy (non-hydrogen) atoms. The van der Waals surface area contributed by atoms with Crippen molar-refractivity contribution in [1.29, 1.82) is 0 Å². The van der Waals surface area contributed by atoms with Gasteiger partial charge in [0.1, 0.15) is 18.7 Å². The van der Waals surface area contributed by atoms with Gasteiger partial charge < -0.3 is 15.0 Å². The number of carbonyl (C=O) groups is 2. The Balaban J connectivity index is 2.61. The molecule has 8 heteroatoms. The Morgan fingerprint density at radius 3 is 2.48 bits per heavy atom. The van der Waals surface area contributed by atoms with Crippen LogP contribution in [0.4, 0.5) is 13.2 Å².